The number of rotatable bonds is 9. The smallest absolute Gasteiger partial charge is 0.326 e. The molecule has 8 nitrogen and oxygen atoms in total. The van der Waals surface area contributed by atoms with E-state index in [1.54, 1.807) is 4.90 Å². The molecule has 1 unspecified atom stereocenters. The number of nitrogens with zero attached hydrogens (tertiary/aromatic N) is 1. The Balaban J connectivity index is 1.80. The number of hydrogen-bond donors (Lipinski definition) is 3. The number of hydrogen-bond acceptors (Lipinski definition) is 4. The highest BCUT2D eigenvalue weighted by Crippen LogP contribution is 2.20. The fourth-order valence-electron chi connectivity index (χ4n) is 3.15. The Morgan fingerprint density at radius 3 is 2.50 bits per heavy atom. The van der Waals surface area contributed by atoms with Gasteiger partial charge >= 0.3 is 5.97 Å². The molecule has 0 aromatic heterocycles. The molecule has 152 valence electrons. The van der Waals surface area contributed by atoms with Crippen molar-refractivity contribution >= 4 is 23.7 Å². The van der Waals surface area contributed by atoms with Crippen molar-refractivity contribution in [3.8, 4) is 0 Å². The summed E-state index contributed by atoms with van der Waals surface area (Å²) in [5, 5.41) is 14.1. The van der Waals surface area contributed by atoms with Crippen molar-refractivity contribution in [2.24, 2.45) is 11.8 Å². The highest BCUT2D eigenvalue weighted by molar-refractivity contribution is 5.92. The summed E-state index contributed by atoms with van der Waals surface area (Å²) >= 11 is 0. The Bertz CT molecular complexity index is 720. The highest BCUT2D eigenvalue weighted by Gasteiger charge is 2.34. The van der Waals surface area contributed by atoms with Crippen molar-refractivity contribution in [3.63, 3.8) is 0 Å². The summed E-state index contributed by atoms with van der Waals surface area (Å²) in [6, 6.07) is 8.53. The minimum absolute atomic E-state index is 0.101. The molecule has 1 saturated heterocycles. The number of aliphatic carboxylic acids is 1. The van der Waals surface area contributed by atoms with E-state index in [4.69, 9.17) is 5.11 Å². The summed E-state index contributed by atoms with van der Waals surface area (Å²) in [7, 11) is 0. The molecule has 3 amide bonds. The highest BCUT2D eigenvalue weighted by atomic mass is 16.4. The van der Waals surface area contributed by atoms with E-state index < -0.39 is 23.8 Å². The van der Waals surface area contributed by atoms with Gasteiger partial charge < -0.3 is 20.6 Å². The van der Waals surface area contributed by atoms with E-state index in [0.29, 0.717) is 19.5 Å². The SMILES string of the molecule is CC(C)C[C@H](NC(=O)CNC(=O)C1CC(=O)N(Cc2ccccc2)C1)C(=O)O. The van der Waals surface area contributed by atoms with Gasteiger partial charge in [0.15, 0.2) is 0 Å². The molecule has 28 heavy (non-hydrogen) atoms. The Morgan fingerprint density at radius 2 is 1.89 bits per heavy atom. The third kappa shape index (κ3) is 6.37. The lowest BCUT2D eigenvalue weighted by Gasteiger charge is -2.18. The molecule has 1 aliphatic heterocycles. The van der Waals surface area contributed by atoms with Gasteiger partial charge in [0, 0.05) is 19.5 Å². The lowest BCUT2D eigenvalue weighted by molar-refractivity contribution is -0.142. The Morgan fingerprint density at radius 1 is 1.21 bits per heavy atom. The Kier molecular flexibility index (Phi) is 7.54. The van der Waals surface area contributed by atoms with Crippen LogP contribution < -0.4 is 10.6 Å². The second-order valence-electron chi connectivity index (χ2n) is 7.47. The summed E-state index contributed by atoms with van der Waals surface area (Å²) in [6.45, 7) is 4.15. The topological polar surface area (TPSA) is 116 Å². The van der Waals surface area contributed by atoms with Gasteiger partial charge in [-0.15, -0.1) is 0 Å². The van der Waals surface area contributed by atoms with Gasteiger partial charge in [-0.1, -0.05) is 44.2 Å². The van der Waals surface area contributed by atoms with E-state index in [9.17, 15) is 19.2 Å². The van der Waals surface area contributed by atoms with Crippen LogP contribution >= 0.6 is 0 Å². The van der Waals surface area contributed by atoms with Gasteiger partial charge in [-0.05, 0) is 17.9 Å². The predicted molar refractivity (Wildman–Crippen MR) is 102 cm³/mol. The zero-order valence-corrected chi connectivity index (χ0v) is 16.2. The summed E-state index contributed by atoms with van der Waals surface area (Å²) < 4.78 is 0. The lowest BCUT2D eigenvalue weighted by Crippen LogP contribution is -2.47. The molecule has 1 heterocycles. The minimum Gasteiger partial charge on any atom is -0.480 e. The zero-order chi connectivity index (χ0) is 20.7. The monoisotopic (exact) mass is 389 g/mol. The summed E-state index contributed by atoms with van der Waals surface area (Å²) in [4.78, 5) is 49.2. The maximum absolute atomic E-state index is 12.3. The molecule has 3 N–H and O–H groups in total. The van der Waals surface area contributed by atoms with E-state index in [0.717, 1.165) is 5.56 Å². The van der Waals surface area contributed by atoms with E-state index in [2.05, 4.69) is 10.6 Å². The molecule has 0 saturated carbocycles. The fraction of sp³-hybridized carbons (Fsp3) is 0.500. The molecule has 0 aliphatic carbocycles. The Hall–Kier alpha value is -2.90. The van der Waals surface area contributed by atoms with Crippen LogP contribution in [0.2, 0.25) is 0 Å². The van der Waals surface area contributed by atoms with Crippen LogP contribution in [0, 0.1) is 11.8 Å². The standard InChI is InChI=1S/C20H27N3O5/c1-13(2)8-16(20(27)28)22-17(24)10-21-19(26)15-9-18(25)23(12-15)11-14-6-4-3-5-7-14/h3-7,13,15-16H,8-12H2,1-2H3,(H,21,26)(H,22,24)(H,27,28)/t15?,16-/m0/s1. The molecule has 2 rings (SSSR count). The van der Waals surface area contributed by atoms with Crippen LogP contribution in [0.25, 0.3) is 0 Å². The number of nitrogens with one attached hydrogen (secondary N) is 2. The van der Waals surface area contributed by atoms with E-state index in [1.165, 1.54) is 0 Å². The minimum atomic E-state index is -1.11. The van der Waals surface area contributed by atoms with Crippen molar-refractivity contribution in [3.05, 3.63) is 35.9 Å². The van der Waals surface area contributed by atoms with Gasteiger partial charge in [-0.2, -0.15) is 0 Å². The summed E-state index contributed by atoms with van der Waals surface area (Å²) in [5.41, 5.74) is 0.987. The molecule has 1 aromatic rings. The first-order valence-electron chi connectivity index (χ1n) is 9.37. The van der Waals surface area contributed by atoms with Crippen LogP contribution in [-0.2, 0) is 25.7 Å². The van der Waals surface area contributed by atoms with Gasteiger partial charge in [0.2, 0.25) is 17.7 Å². The zero-order valence-electron chi connectivity index (χ0n) is 16.2. The van der Waals surface area contributed by atoms with Gasteiger partial charge in [-0.3, -0.25) is 14.4 Å². The molecule has 2 atom stereocenters. The first-order valence-corrected chi connectivity index (χ1v) is 9.37. The molecule has 0 bridgehead atoms. The maximum Gasteiger partial charge on any atom is 0.326 e. The number of amides is 3. The van der Waals surface area contributed by atoms with Crippen LogP contribution in [-0.4, -0.2) is 52.8 Å². The number of carbonyl (C=O) groups is 4. The van der Waals surface area contributed by atoms with Crippen LogP contribution in [0.4, 0.5) is 0 Å². The van der Waals surface area contributed by atoms with Crippen molar-refractivity contribution < 1.29 is 24.3 Å². The largest absolute Gasteiger partial charge is 0.480 e. The molecular weight excluding hydrogens is 362 g/mol. The normalized spacial score (nSPS) is 17.5. The van der Waals surface area contributed by atoms with E-state index in [1.807, 2.05) is 44.2 Å². The van der Waals surface area contributed by atoms with Crippen LogP contribution in [0.15, 0.2) is 30.3 Å². The molecule has 0 radical (unpaired) electrons. The van der Waals surface area contributed by atoms with Crippen LogP contribution in [0.1, 0.15) is 32.3 Å². The number of carboxylic acid groups (broad SMARTS) is 1. The maximum atomic E-state index is 12.3. The first kappa shape index (κ1) is 21.4. The molecule has 1 fully saturated rings. The first-order chi connectivity index (χ1) is 13.3. The Labute approximate surface area is 164 Å². The molecule has 1 aliphatic rings. The third-order valence-corrected chi connectivity index (χ3v) is 4.57. The number of likely N-dealkylation sites (tertiary alicyclic amines) is 1. The van der Waals surface area contributed by atoms with Gasteiger partial charge in [0.1, 0.15) is 6.04 Å². The lowest BCUT2D eigenvalue weighted by atomic mass is 10.0. The van der Waals surface area contributed by atoms with E-state index >= 15 is 0 Å². The van der Waals surface area contributed by atoms with E-state index in [-0.39, 0.29) is 30.7 Å². The number of carboxylic acids is 1. The van der Waals surface area contributed by atoms with Gasteiger partial charge in [0.05, 0.1) is 12.5 Å². The fourth-order valence-corrected chi connectivity index (χ4v) is 3.15. The molecule has 8 heteroatoms. The average Bonchev–Trinajstić information content (AvgIpc) is 3.00. The molecular formula is C20H27N3O5. The van der Waals surface area contributed by atoms with Crippen molar-refractivity contribution in [2.45, 2.75) is 39.3 Å². The van der Waals surface area contributed by atoms with Crippen molar-refractivity contribution in [1.82, 2.24) is 15.5 Å². The predicted octanol–water partition coefficient (Wildman–Crippen LogP) is 0.767. The molecule has 0 spiro atoms. The van der Waals surface area contributed by atoms with Crippen molar-refractivity contribution in [1.29, 1.82) is 0 Å². The second-order valence-corrected chi connectivity index (χ2v) is 7.47. The average molecular weight is 389 g/mol. The third-order valence-electron chi connectivity index (χ3n) is 4.57. The quantitative estimate of drug-likeness (QED) is 0.577. The second kappa shape index (κ2) is 9.87. The molecule has 1 aromatic carbocycles. The van der Waals surface area contributed by atoms with Crippen LogP contribution in [0.3, 0.4) is 0 Å². The van der Waals surface area contributed by atoms with Crippen molar-refractivity contribution in [2.75, 3.05) is 13.1 Å². The summed E-state index contributed by atoms with van der Waals surface area (Å²) in [5.74, 6) is -2.56. The van der Waals surface area contributed by atoms with Gasteiger partial charge in [0.25, 0.3) is 0 Å². The van der Waals surface area contributed by atoms with Gasteiger partial charge in [-0.25, -0.2) is 4.79 Å². The number of carbonyl (C=O) groups excluding carboxylic acids is 3. The summed E-state index contributed by atoms with van der Waals surface area (Å²) in [6.07, 6.45) is 0.409. The number of benzene rings is 1. The van der Waals surface area contributed by atoms with Crippen LogP contribution in [0.5, 0.6) is 0 Å².